The molecule has 0 fully saturated rings. The Morgan fingerprint density at radius 2 is 2.12 bits per heavy atom. The minimum atomic E-state index is -0.444. The fourth-order valence-corrected chi connectivity index (χ4v) is 4.12. The zero-order chi connectivity index (χ0) is 18.7. The molecule has 136 valence electrons. The maximum Gasteiger partial charge on any atom is 0.415 e. The number of rotatable bonds is 5. The third-order valence-corrected chi connectivity index (χ3v) is 5.55. The molecular formula is C19H20N2O4S. The highest BCUT2D eigenvalue weighted by atomic mass is 32.2. The summed E-state index contributed by atoms with van der Waals surface area (Å²) in [4.78, 5) is 25.0. The number of carbonyl (C=O) groups is 2. The van der Waals surface area contributed by atoms with Gasteiger partial charge in [0.1, 0.15) is 11.5 Å². The highest BCUT2D eigenvalue weighted by Crippen LogP contribution is 2.42. The normalized spacial score (nSPS) is 19.3. The molecule has 0 spiro atoms. The molecule has 2 aromatic carbocycles. The first-order valence-electron chi connectivity index (χ1n) is 8.13. The van der Waals surface area contributed by atoms with E-state index in [9.17, 15) is 9.59 Å². The second-order valence-corrected chi connectivity index (χ2v) is 7.03. The van der Waals surface area contributed by atoms with Gasteiger partial charge in [-0.25, -0.2) is 4.79 Å². The SMILES string of the molecule is CSC1c2ccc(OC=O)cc2OC(=O)N(Cc2cccc(N)c2)C1C. The number of thioether (sulfide) groups is 1. The summed E-state index contributed by atoms with van der Waals surface area (Å²) in [7, 11) is 0. The zero-order valence-corrected chi connectivity index (χ0v) is 15.4. The summed E-state index contributed by atoms with van der Waals surface area (Å²) in [5.41, 5.74) is 8.33. The van der Waals surface area contributed by atoms with Gasteiger partial charge in [-0.3, -0.25) is 9.69 Å². The number of hydrogen-bond acceptors (Lipinski definition) is 6. The van der Waals surface area contributed by atoms with E-state index in [1.54, 1.807) is 28.8 Å². The van der Waals surface area contributed by atoms with Crippen molar-refractivity contribution in [2.45, 2.75) is 24.8 Å². The van der Waals surface area contributed by atoms with E-state index >= 15 is 0 Å². The van der Waals surface area contributed by atoms with E-state index in [0.29, 0.717) is 30.2 Å². The summed E-state index contributed by atoms with van der Waals surface area (Å²) >= 11 is 1.64. The molecule has 0 radical (unpaired) electrons. The standard InChI is InChI=1S/C19H20N2O4S/c1-12-18(26-2)16-7-6-15(24-11-22)9-17(16)25-19(23)21(12)10-13-4-3-5-14(20)8-13/h3-9,11-12,18H,10,20H2,1-2H3. The summed E-state index contributed by atoms with van der Waals surface area (Å²) in [6.45, 7) is 2.74. The van der Waals surface area contributed by atoms with Gasteiger partial charge < -0.3 is 15.2 Å². The van der Waals surface area contributed by atoms with Gasteiger partial charge in [0.25, 0.3) is 6.47 Å². The predicted octanol–water partition coefficient (Wildman–Crippen LogP) is 3.61. The second-order valence-electron chi connectivity index (χ2n) is 6.05. The van der Waals surface area contributed by atoms with Crippen LogP contribution >= 0.6 is 11.8 Å². The van der Waals surface area contributed by atoms with Crippen LogP contribution in [0.15, 0.2) is 42.5 Å². The summed E-state index contributed by atoms with van der Waals surface area (Å²) in [5.74, 6) is 0.749. The number of nitrogens with two attached hydrogens (primary N) is 1. The number of nitrogen functional groups attached to an aromatic ring is 1. The van der Waals surface area contributed by atoms with Crippen molar-refractivity contribution in [1.82, 2.24) is 4.90 Å². The summed E-state index contributed by atoms with van der Waals surface area (Å²) in [6.07, 6.45) is 1.55. The van der Waals surface area contributed by atoms with E-state index in [1.807, 2.05) is 43.5 Å². The number of hydrogen-bond donors (Lipinski definition) is 1. The van der Waals surface area contributed by atoms with Gasteiger partial charge in [0.2, 0.25) is 0 Å². The highest BCUT2D eigenvalue weighted by molar-refractivity contribution is 7.98. The van der Waals surface area contributed by atoms with E-state index in [-0.39, 0.29) is 11.3 Å². The van der Waals surface area contributed by atoms with Gasteiger partial charge >= 0.3 is 6.09 Å². The van der Waals surface area contributed by atoms with Crippen LogP contribution in [-0.4, -0.2) is 29.8 Å². The van der Waals surface area contributed by atoms with Gasteiger partial charge in [-0.2, -0.15) is 11.8 Å². The topological polar surface area (TPSA) is 81.9 Å². The molecule has 0 saturated heterocycles. The van der Waals surface area contributed by atoms with Gasteiger partial charge in [-0.1, -0.05) is 18.2 Å². The summed E-state index contributed by atoms with van der Waals surface area (Å²) in [6, 6.07) is 12.5. The first-order valence-corrected chi connectivity index (χ1v) is 9.42. The molecule has 0 bridgehead atoms. The third kappa shape index (κ3) is 3.62. The average molecular weight is 372 g/mol. The Bertz CT molecular complexity index is 827. The first kappa shape index (κ1) is 18.1. The van der Waals surface area contributed by atoms with Crippen molar-refractivity contribution in [3.8, 4) is 11.5 Å². The van der Waals surface area contributed by atoms with Crippen LogP contribution < -0.4 is 15.2 Å². The molecule has 1 aliphatic heterocycles. The molecule has 2 aromatic rings. The van der Waals surface area contributed by atoms with Crippen LogP contribution in [0.4, 0.5) is 10.5 Å². The quantitative estimate of drug-likeness (QED) is 0.638. The van der Waals surface area contributed by atoms with Crippen molar-refractivity contribution < 1.29 is 19.1 Å². The van der Waals surface area contributed by atoms with Crippen LogP contribution in [0.2, 0.25) is 0 Å². The molecule has 1 heterocycles. The maximum atomic E-state index is 12.8. The molecule has 0 aromatic heterocycles. The Hall–Kier alpha value is -2.67. The van der Waals surface area contributed by atoms with E-state index < -0.39 is 6.09 Å². The first-order chi connectivity index (χ1) is 12.5. The average Bonchev–Trinajstić information content (AvgIpc) is 2.70. The Kier molecular flexibility index (Phi) is 5.37. The van der Waals surface area contributed by atoms with E-state index in [4.69, 9.17) is 15.2 Å². The molecule has 3 rings (SSSR count). The number of carbonyl (C=O) groups excluding carboxylic acids is 2. The van der Waals surface area contributed by atoms with Gasteiger partial charge in [0.05, 0.1) is 5.25 Å². The van der Waals surface area contributed by atoms with Crippen LogP contribution in [-0.2, 0) is 11.3 Å². The van der Waals surface area contributed by atoms with Crippen molar-refractivity contribution in [2.24, 2.45) is 0 Å². The van der Waals surface area contributed by atoms with Gasteiger partial charge in [0, 0.05) is 29.9 Å². The molecule has 26 heavy (non-hydrogen) atoms. The Balaban J connectivity index is 1.95. The number of fused-ring (bicyclic) bond motifs is 1. The van der Waals surface area contributed by atoms with Crippen LogP contribution in [0.1, 0.15) is 23.3 Å². The third-order valence-electron chi connectivity index (χ3n) is 4.40. The smallest absolute Gasteiger partial charge is 0.415 e. The number of ether oxygens (including phenoxy) is 2. The van der Waals surface area contributed by atoms with Crippen LogP contribution in [0.25, 0.3) is 0 Å². The van der Waals surface area contributed by atoms with E-state index in [2.05, 4.69) is 0 Å². The van der Waals surface area contributed by atoms with Gasteiger partial charge in [-0.05, 0) is 36.9 Å². The molecule has 2 N–H and O–H groups in total. The van der Waals surface area contributed by atoms with Crippen LogP contribution in [0, 0.1) is 0 Å². The van der Waals surface area contributed by atoms with Gasteiger partial charge in [0.15, 0.2) is 0 Å². The fraction of sp³-hybridized carbons (Fsp3) is 0.263. The summed E-state index contributed by atoms with van der Waals surface area (Å²) in [5, 5.41) is 0.0165. The molecule has 2 atom stereocenters. The van der Waals surface area contributed by atoms with E-state index in [1.165, 1.54) is 0 Å². The Labute approximate surface area is 156 Å². The lowest BCUT2D eigenvalue weighted by atomic mass is 10.0. The molecule has 2 unspecified atom stereocenters. The molecule has 0 aliphatic carbocycles. The lowest BCUT2D eigenvalue weighted by molar-refractivity contribution is -0.120. The van der Waals surface area contributed by atoms with E-state index in [0.717, 1.165) is 11.1 Å². The maximum absolute atomic E-state index is 12.8. The number of amides is 1. The molecule has 7 heteroatoms. The molecular weight excluding hydrogens is 352 g/mol. The Morgan fingerprint density at radius 3 is 2.81 bits per heavy atom. The monoisotopic (exact) mass is 372 g/mol. The van der Waals surface area contributed by atoms with Crippen LogP contribution in [0.3, 0.4) is 0 Å². The fourth-order valence-electron chi connectivity index (χ4n) is 3.13. The highest BCUT2D eigenvalue weighted by Gasteiger charge is 2.35. The van der Waals surface area contributed by atoms with Crippen molar-refractivity contribution in [2.75, 3.05) is 12.0 Å². The molecule has 1 aliphatic rings. The second kappa shape index (κ2) is 7.70. The predicted molar refractivity (Wildman–Crippen MR) is 101 cm³/mol. The lowest BCUT2D eigenvalue weighted by Gasteiger charge is -2.30. The number of anilines is 1. The van der Waals surface area contributed by atoms with Crippen molar-refractivity contribution in [1.29, 1.82) is 0 Å². The number of benzene rings is 2. The molecule has 1 amide bonds. The largest absolute Gasteiger partial charge is 0.429 e. The minimum Gasteiger partial charge on any atom is -0.429 e. The lowest BCUT2D eigenvalue weighted by Crippen LogP contribution is -2.40. The molecule has 0 saturated carbocycles. The van der Waals surface area contributed by atoms with Crippen molar-refractivity contribution >= 4 is 30.0 Å². The zero-order valence-electron chi connectivity index (χ0n) is 14.5. The number of nitrogens with zero attached hydrogens (tertiary/aromatic N) is 1. The summed E-state index contributed by atoms with van der Waals surface area (Å²) < 4.78 is 10.5. The minimum absolute atomic E-state index is 0.0165. The van der Waals surface area contributed by atoms with Crippen LogP contribution in [0.5, 0.6) is 11.5 Å². The van der Waals surface area contributed by atoms with Crippen molar-refractivity contribution in [3.05, 3.63) is 53.6 Å². The van der Waals surface area contributed by atoms with Crippen molar-refractivity contribution in [3.63, 3.8) is 0 Å². The Morgan fingerprint density at radius 1 is 1.31 bits per heavy atom. The van der Waals surface area contributed by atoms with Gasteiger partial charge in [-0.15, -0.1) is 0 Å². The molecule has 6 nitrogen and oxygen atoms in total.